The van der Waals surface area contributed by atoms with Crippen LogP contribution in [0.1, 0.15) is 18.9 Å². The second-order valence-corrected chi connectivity index (χ2v) is 7.21. The fourth-order valence-corrected chi connectivity index (χ4v) is 3.24. The van der Waals surface area contributed by atoms with Crippen LogP contribution < -0.4 is 11.1 Å². The third kappa shape index (κ3) is 7.40. The van der Waals surface area contributed by atoms with Crippen LogP contribution in [0.3, 0.4) is 0 Å². The molecule has 0 spiro atoms. The Labute approximate surface area is 176 Å². The zero-order chi connectivity index (χ0) is 21.2. The van der Waals surface area contributed by atoms with Crippen LogP contribution in [0.5, 0.6) is 0 Å². The molecule has 3 N–H and O–H groups in total. The normalized spacial score (nSPS) is 13.1. The molecule has 2 aromatic carbocycles. The molecule has 29 heavy (non-hydrogen) atoms. The summed E-state index contributed by atoms with van der Waals surface area (Å²) >= 11 is 5.97. The van der Waals surface area contributed by atoms with E-state index in [9.17, 15) is 9.18 Å². The first-order chi connectivity index (χ1) is 13.9. The zero-order valence-electron chi connectivity index (χ0n) is 16.8. The Morgan fingerprint density at radius 1 is 1.24 bits per heavy atom. The van der Waals surface area contributed by atoms with Gasteiger partial charge < -0.3 is 20.5 Å². The number of rotatable bonds is 11. The summed E-state index contributed by atoms with van der Waals surface area (Å²) in [6.07, 6.45) is 1.02. The smallest absolute Gasteiger partial charge is 0.323 e. The molecule has 7 heteroatoms. The molecular formula is C22H28ClFN2O3. The summed E-state index contributed by atoms with van der Waals surface area (Å²) in [5, 5.41) is 3.62. The van der Waals surface area contributed by atoms with E-state index in [4.69, 9.17) is 26.8 Å². The Morgan fingerprint density at radius 3 is 2.62 bits per heavy atom. The van der Waals surface area contributed by atoms with Crippen LogP contribution in [0, 0.1) is 5.82 Å². The molecule has 0 saturated heterocycles. The van der Waals surface area contributed by atoms with Gasteiger partial charge in [0.2, 0.25) is 0 Å². The van der Waals surface area contributed by atoms with Crippen LogP contribution in [0.4, 0.5) is 4.39 Å². The summed E-state index contributed by atoms with van der Waals surface area (Å²) in [5.41, 5.74) is 8.48. The number of halogens is 2. The summed E-state index contributed by atoms with van der Waals surface area (Å²) in [7, 11) is 1.60. The van der Waals surface area contributed by atoms with Crippen LogP contribution in [-0.2, 0) is 20.7 Å². The summed E-state index contributed by atoms with van der Waals surface area (Å²) in [6, 6.07) is 11.3. The zero-order valence-corrected chi connectivity index (χ0v) is 17.5. The number of benzene rings is 2. The lowest BCUT2D eigenvalue weighted by Crippen LogP contribution is -2.44. The number of hydrogen-bond acceptors (Lipinski definition) is 5. The second-order valence-electron chi connectivity index (χ2n) is 6.77. The molecule has 0 unspecified atom stereocenters. The molecule has 0 saturated carbocycles. The minimum absolute atomic E-state index is 0.242. The van der Waals surface area contributed by atoms with E-state index in [2.05, 4.69) is 5.32 Å². The average molecular weight is 423 g/mol. The van der Waals surface area contributed by atoms with Gasteiger partial charge in [-0.1, -0.05) is 35.9 Å². The quantitative estimate of drug-likeness (QED) is 0.427. The molecule has 0 fully saturated rings. The van der Waals surface area contributed by atoms with E-state index in [1.165, 1.54) is 12.1 Å². The predicted molar refractivity (Wildman–Crippen MR) is 113 cm³/mol. The molecule has 158 valence electrons. The SMILES string of the molecule is CCOC(=O)[C@@H](C[C@H](N)Cc1ccc(-c2cc(Cl)ccc2F)cc1)NCCOC. The van der Waals surface area contributed by atoms with Gasteiger partial charge in [0.15, 0.2) is 0 Å². The van der Waals surface area contributed by atoms with Gasteiger partial charge in [0, 0.05) is 30.3 Å². The maximum absolute atomic E-state index is 14.0. The van der Waals surface area contributed by atoms with Crippen molar-refractivity contribution in [1.82, 2.24) is 5.32 Å². The highest BCUT2D eigenvalue weighted by molar-refractivity contribution is 6.30. The van der Waals surface area contributed by atoms with Gasteiger partial charge in [-0.25, -0.2) is 4.39 Å². The van der Waals surface area contributed by atoms with E-state index in [1.54, 1.807) is 20.1 Å². The maximum atomic E-state index is 14.0. The standard InChI is InChI=1S/C22H28ClFN2O3/c1-3-29-22(27)21(26-10-11-28-2)14-18(25)12-15-4-6-16(7-5-15)19-13-17(23)8-9-20(19)24/h4-9,13,18,21,26H,3,10-12,14,25H2,1-2H3/t18-,21-/m1/s1. The van der Waals surface area contributed by atoms with Crippen LogP contribution in [0.15, 0.2) is 42.5 Å². The minimum atomic E-state index is -0.486. The van der Waals surface area contributed by atoms with Crippen molar-refractivity contribution in [2.24, 2.45) is 5.73 Å². The highest BCUT2D eigenvalue weighted by Gasteiger charge is 2.22. The van der Waals surface area contributed by atoms with Gasteiger partial charge >= 0.3 is 5.97 Å². The largest absolute Gasteiger partial charge is 0.465 e. The average Bonchev–Trinajstić information content (AvgIpc) is 2.70. The molecule has 0 aromatic heterocycles. The number of hydrogen-bond donors (Lipinski definition) is 2. The number of carbonyl (C=O) groups excluding carboxylic acids is 1. The van der Waals surface area contributed by atoms with E-state index in [1.807, 2.05) is 24.3 Å². The van der Waals surface area contributed by atoms with Crippen molar-refractivity contribution in [2.75, 3.05) is 26.9 Å². The van der Waals surface area contributed by atoms with Gasteiger partial charge in [-0.3, -0.25) is 4.79 Å². The number of esters is 1. The first-order valence-electron chi connectivity index (χ1n) is 9.63. The van der Waals surface area contributed by atoms with Gasteiger partial charge in [-0.2, -0.15) is 0 Å². The van der Waals surface area contributed by atoms with Crippen molar-refractivity contribution < 1.29 is 18.7 Å². The van der Waals surface area contributed by atoms with Gasteiger partial charge in [0.1, 0.15) is 11.9 Å². The first-order valence-corrected chi connectivity index (χ1v) is 10.0. The van der Waals surface area contributed by atoms with Crippen LogP contribution >= 0.6 is 11.6 Å². The molecule has 0 aliphatic heterocycles. The van der Waals surface area contributed by atoms with Crippen molar-refractivity contribution in [1.29, 1.82) is 0 Å². The molecule has 0 amide bonds. The lowest BCUT2D eigenvalue weighted by Gasteiger charge is -2.21. The summed E-state index contributed by atoms with van der Waals surface area (Å²) in [6.45, 7) is 3.12. The monoisotopic (exact) mass is 422 g/mol. The molecule has 2 aromatic rings. The minimum Gasteiger partial charge on any atom is -0.465 e. The van der Waals surface area contributed by atoms with Gasteiger partial charge in [-0.05, 0) is 49.1 Å². The lowest BCUT2D eigenvalue weighted by atomic mass is 9.97. The Kier molecular flexibility index (Phi) is 9.54. The van der Waals surface area contributed by atoms with Crippen molar-refractivity contribution in [2.45, 2.75) is 31.8 Å². The van der Waals surface area contributed by atoms with E-state index in [0.717, 1.165) is 11.1 Å². The van der Waals surface area contributed by atoms with Gasteiger partial charge in [-0.15, -0.1) is 0 Å². The van der Waals surface area contributed by atoms with Gasteiger partial charge in [0.25, 0.3) is 0 Å². The van der Waals surface area contributed by atoms with Crippen LogP contribution in [-0.4, -0.2) is 44.9 Å². The first kappa shape index (κ1) is 23.3. The fraction of sp³-hybridized carbons (Fsp3) is 0.409. The van der Waals surface area contributed by atoms with Gasteiger partial charge in [0.05, 0.1) is 13.2 Å². The molecule has 0 heterocycles. The highest BCUT2D eigenvalue weighted by atomic mass is 35.5. The van der Waals surface area contributed by atoms with Crippen molar-refractivity contribution in [3.8, 4) is 11.1 Å². The van der Waals surface area contributed by atoms with Crippen LogP contribution in [0.2, 0.25) is 5.02 Å². The van der Waals surface area contributed by atoms with Crippen LogP contribution in [0.25, 0.3) is 11.1 Å². The predicted octanol–water partition coefficient (Wildman–Crippen LogP) is 3.57. The Morgan fingerprint density at radius 2 is 1.97 bits per heavy atom. The van der Waals surface area contributed by atoms with Crippen molar-refractivity contribution >= 4 is 17.6 Å². The molecule has 2 atom stereocenters. The van der Waals surface area contributed by atoms with E-state index < -0.39 is 6.04 Å². The molecular weight excluding hydrogens is 395 g/mol. The number of methoxy groups -OCH3 is 1. The Balaban J connectivity index is 2.00. The van der Waals surface area contributed by atoms with Crippen molar-refractivity contribution in [3.63, 3.8) is 0 Å². The third-order valence-corrected chi connectivity index (χ3v) is 4.73. The number of carbonyl (C=O) groups is 1. The van der Waals surface area contributed by atoms with E-state index in [0.29, 0.717) is 43.2 Å². The number of nitrogens with two attached hydrogens (primary N) is 1. The topological polar surface area (TPSA) is 73.6 Å². The second kappa shape index (κ2) is 11.9. The molecule has 0 bridgehead atoms. The van der Waals surface area contributed by atoms with E-state index in [-0.39, 0.29) is 17.8 Å². The summed E-state index contributed by atoms with van der Waals surface area (Å²) < 4.78 is 24.2. The fourth-order valence-electron chi connectivity index (χ4n) is 3.07. The third-order valence-electron chi connectivity index (χ3n) is 4.50. The lowest BCUT2D eigenvalue weighted by molar-refractivity contribution is -0.146. The molecule has 5 nitrogen and oxygen atoms in total. The summed E-state index contributed by atoms with van der Waals surface area (Å²) in [4.78, 5) is 12.2. The molecule has 0 radical (unpaired) electrons. The van der Waals surface area contributed by atoms with E-state index >= 15 is 0 Å². The highest BCUT2D eigenvalue weighted by Crippen LogP contribution is 2.26. The Hall–Kier alpha value is -1.99. The molecule has 0 aliphatic carbocycles. The molecule has 2 rings (SSSR count). The summed E-state index contributed by atoms with van der Waals surface area (Å²) in [5.74, 6) is -0.635. The molecule has 0 aliphatic rings. The number of nitrogens with one attached hydrogen (secondary N) is 1. The number of ether oxygens (including phenoxy) is 2. The van der Waals surface area contributed by atoms with Crippen molar-refractivity contribution in [3.05, 3.63) is 58.9 Å². The maximum Gasteiger partial charge on any atom is 0.323 e. The Bertz CT molecular complexity index is 786.